The van der Waals surface area contributed by atoms with Gasteiger partial charge in [0.05, 0.1) is 0 Å². The molecule has 0 radical (unpaired) electrons. The maximum absolute atomic E-state index is 13.5. The Labute approximate surface area is 86.6 Å². The Morgan fingerprint density at radius 3 is 2.93 bits per heavy atom. The summed E-state index contributed by atoms with van der Waals surface area (Å²) in [4.78, 5) is 0.806. The Bertz CT molecular complexity index is 391. The van der Waals surface area contributed by atoms with Crippen LogP contribution in [0.3, 0.4) is 0 Å². The van der Waals surface area contributed by atoms with Crippen LogP contribution in [-0.4, -0.2) is 13.6 Å². The van der Waals surface area contributed by atoms with Crippen molar-refractivity contribution in [2.24, 2.45) is 0 Å². The summed E-state index contributed by atoms with van der Waals surface area (Å²) in [7, 11) is 1.76. The first-order valence-corrected chi connectivity index (χ1v) is 5.40. The topological polar surface area (TPSA) is 12.0 Å². The monoisotopic (exact) mass is 209 g/mol. The van der Waals surface area contributed by atoms with Crippen LogP contribution in [0.15, 0.2) is 30.3 Å². The molecule has 0 aliphatic rings. The minimum absolute atomic E-state index is 0.382. The lowest BCUT2D eigenvalue weighted by molar-refractivity contribution is 0.341. The van der Waals surface area contributed by atoms with Crippen molar-refractivity contribution in [1.82, 2.24) is 5.32 Å². The van der Waals surface area contributed by atoms with Crippen LogP contribution in [-0.2, 0) is 0 Å². The molecule has 14 heavy (non-hydrogen) atoms. The van der Waals surface area contributed by atoms with Gasteiger partial charge in [0.2, 0.25) is 0 Å². The molecule has 0 saturated carbocycles. The SMILES string of the molecule is CNCC(F)c1cc2ccccc2s1. The van der Waals surface area contributed by atoms with Gasteiger partial charge in [-0.25, -0.2) is 4.39 Å². The number of alkyl halides is 1. The summed E-state index contributed by atoms with van der Waals surface area (Å²) in [6.07, 6.45) is -0.891. The fourth-order valence-corrected chi connectivity index (χ4v) is 2.48. The first-order chi connectivity index (χ1) is 6.81. The van der Waals surface area contributed by atoms with Crippen molar-refractivity contribution in [3.8, 4) is 0 Å². The number of nitrogens with one attached hydrogen (secondary N) is 1. The second-order valence-electron chi connectivity index (χ2n) is 3.21. The molecule has 1 atom stereocenters. The summed E-state index contributed by atoms with van der Waals surface area (Å²) < 4.78 is 14.7. The van der Waals surface area contributed by atoms with Gasteiger partial charge in [0.1, 0.15) is 6.17 Å². The van der Waals surface area contributed by atoms with Crippen LogP contribution >= 0.6 is 11.3 Å². The van der Waals surface area contributed by atoms with E-state index in [4.69, 9.17) is 0 Å². The van der Waals surface area contributed by atoms with Crippen LogP contribution in [0.4, 0.5) is 4.39 Å². The Morgan fingerprint density at radius 2 is 2.21 bits per heavy atom. The van der Waals surface area contributed by atoms with Crippen molar-refractivity contribution >= 4 is 21.4 Å². The highest BCUT2D eigenvalue weighted by Gasteiger charge is 2.11. The highest BCUT2D eigenvalue weighted by molar-refractivity contribution is 7.19. The zero-order chi connectivity index (χ0) is 9.97. The molecule has 0 fully saturated rings. The third-order valence-electron chi connectivity index (χ3n) is 2.14. The molecular formula is C11H12FNS. The molecule has 2 aromatic rings. The van der Waals surface area contributed by atoms with E-state index in [1.54, 1.807) is 7.05 Å². The number of hydrogen-bond donors (Lipinski definition) is 1. The van der Waals surface area contributed by atoms with E-state index >= 15 is 0 Å². The van der Waals surface area contributed by atoms with Crippen molar-refractivity contribution < 1.29 is 4.39 Å². The normalized spacial score (nSPS) is 13.3. The average molecular weight is 209 g/mol. The van der Waals surface area contributed by atoms with Gasteiger partial charge in [0, 0.05) is 16.1 Å². The van der Waals surface area contributed by atoms with Crippen molar-refractivity contribution in [2.45, 2.75) is 6.17 Å². The van der Waals surface area contributed by atoms with Crippen LogP contribution in [0.1, 0.15) is 11.0 Å². The third-order valence-corrected chi connectivity index (χ3v) is 3.34. The Morgan fingerprint density at radius 1 is 1.43 bits per heavy atom. The quantitative estimate of drug-likeness (QED) is 0.819. The number of hydrogen-bond acceptors (Lipinski definition) is 2. The first kappa shape index (κ1) is 9.62. The summed E-state index contributed by atoms with van der Waals surface area (Å²) in [6.45, 7) is 0.382. The van der Waals surface area contributed by atoms with E-state index in [0.717, 1.165) is 15.0 Å². The summed E-state index contributed by atoms with van der Waals surface area (Å²) in [5.74, 6) is 0. The number of halogens is 1. The van der Waals surface area contributed by atoms with Gasteiger partial charge in [-0.1, -0.05) is 18.2 Å². The summed E-state index contributed by atoms with van der Waals surface area (Å²) in [6, 6.07) is 9.93. The lowest BCUT2D eigenvalue weighted by Crippen LogP contribution is -2.12. The summed E-state index contributed by atoms with van der Waals surface area (Å²) >= 11 is 1.53. The molecule has 1 unspecified atom stereocenters. The predicted molar refractivity (Wildman–Crippen MR) is 59.6 cm³/mol. The van der Waals surface area contributed by atoms with Gasteiger partial charge in [-0.05, 0) is 24.6 Å². The van der Waals surface area contributed by atoms with Crippen LogP contribution < -0.4 is 5.32 Å². The molecule has 0 amide bonds. The summed E-state index contributed by atoms with van der Waals surface area (Å²) in [5, 5.41) is 3.97. The molecule has 2 rings (SSSR count). The molecule has 0 spiro atoms. The summed E-state index contributed by atoms with van der Waals surface area (Å²) in [5.41, 5.74) is 0. The molecule has 1 heterocycles. The number of rotatable bonds is 3. The van der Waals surface area contributed by atoms with Crippen LogP contribution in [0, 0.1) is 0 Å². The highest BCUT2D eigenvalue weighted by Crippen LogP contribution is 2.31. The van der Waals surface area contributed by atoms with Gasteiger partial charge in [-0.3, -0.25) is 0 Å². The Hall–Kier alpha value is -0.930. The van der Waals surface area contributed by atoms with E-state index in [-0.39, 0.29) is 0 Å². The maximum Gasteiger partial charge on any atom is 0.147 e. The van der Waals surface area contributed by atoms with E-state index in [1.807, 2.05) is 30.3 Å². The molecule has 74 valence electrons. The lowest BCUT2D eigenvalue weighted by atomic mass is 10.2. The highest BCUT2D eigenvalue weighted by atomic mass is 32.1. The molecule has 1 nitrogen and oxygen atoms in total. The Balaban J connectivity index is 2.35. The molecule has 0 saturated heterocycles. The van der Waals surface area contributed by atoms with E-state index in [9.17, 15) is 4.39 Å². The third kappa shape index (κ3) is 1.79. The van der Waals surface area contributed by atoms with E-state index in [2.05, 4.69) is 5.32 Å². The first-order valence-electron chi connectivity index (χ1n) is 4.58. The molecule has 3 heteroatoms. The van der Waals surface area contributed by atoms with Crippen molar-refractivity contribution in [2.75, 3.05) is 13.6 Å². The molecular weight excluding hydrogens is 197 g/mol. The van der Waals surface area contributed by atoms with Crippen molar-refractivity contribution in [3.63, 3.8) is 0 Å². The smallest absolute Gasteiger partial charge is 0.147 e. The minimum atomic E-state index is -0.891. The predicted octanol–water partition coefficient (Wildman–Crippen LogP) is 3.13. The maximum atomic E-state index is 13.5. The Kier molecular flexibility index (Phi) is 2.79. The number of likely N-dealkylation sites (N-methyl/N-ethyl adjacent to an activating group) is 1. The van der Waals surface area contributed by atoms with Crippen LogP contribution in [0.5, 0.6) is 0 Å². The number of fused-ring (bicyclic) bond motifs is 1. The molecule has 1 N–H and O–H groups in total. The van der Waals surface area contributed by atoms with Gasteiger partial charge < -0.3 is 5.32 Å². The molecule has 0 bridgehead atoms. The largest absolute Gasteiger partial charge is 0.316 e. The van der Waals surface area contributed by atoms with Crippen LogP contribution in [0.25, 0.3) is 10.1 Å². The molecule has 0 aliphatic heterocycles. The standard InChI is InChI=1S/C11H12FNS/c1-13-7-9(12)11-6-8-4-2-3-5-10(8)14-11/h2-6,9,13H,7H2,1H3. The second-order valence-corrected chi connectivity index (χ2v) is 4.33. The minimum Gasteiger partial charge on any atom is -0.316 e. The zero-order valence-electron chi connectivity index (χ0n) is 7.96. The van der Waals surface area contributed by atoms with E-state index in [1.165, 1.54) is 11.3 Å². The fraction of sp³-hybridized carbons (Fsp3) is 0.273. The number of benzene rings is 1. The van der Waals surface area contributed by atoms with Gasteiger partial charge in [-0.2, -0.15) is 0 Å². The molecule has 1 aromatic heterocycles. The second kappa shape index (κ2) is 4.07. The van der Waals surface area contributed by atoms with E-state index in [0.29, 0.717) is 6.54 Å². The van der Waals surface area contributed by atoms with E-state index < -0.39 is 6.17 Å². The van der Waals surface area contributed by atoms with Gasteiger partial charge in [0.15, 0.2) is 0 Å². The number of thiophene rings is 1. The van der Waals surface area contributed by atoms with Gasteiger partial charge in [-0.15, -0.1) is 11.3 Å². The van der Waals surface area contributed by atoms with Gasteiger partial charge in [0.25, 0.3) is 0 Å². The van der Waals surface area contributed by atoms with Crippen LogP contribution in [0.2, 0.25) is 0 Å². The van der Waals surface area contributed by atoms with Gasteiger partial charge >= 0.3 is 0 Å². The molecule has 1 aromatic carbocycles. The lowest BCUT2D eigenvalue weighted by Gasteiger charge is -2.02. The van der Waals surface area contributed by atoms with Crippen molar-refractivity contribution in [1.29, 1.82) is 0 Å². The van der Waals surface area contributed by atoms with Crippen molar-refractivity contribution in [3.05, 3.63) is 35.2 Å². The average Bonchev–Trinajstić information content (AvgIpc) is 2.61. The fourth-order valence-electron chi connectivity index (χ4n) is 1.44. The zero-order valence-corrected chi connectivity index (χ0v) is 8.77. The molecule has 0 aliphatic carbocycles.